The van der Waals surface area contributed by atoms with Gasteiger partial charge in [-0.1, -0.05) is 6.07 Å². The first-order chi connectivity index (χ1) is 11.0. The molecule has 0 fully saturated rings. The average Bonchev–Trinajstić information content (AvgIpc) is 3.06. The molecule has 0 bridgehead atoms. The fourth-order valence-corrected chi connectivity index (χ4v) is 3.49. The molecule has 124 valence electrons. The Balaban J connectivity index is 1.96. The summed E-state index contributed by atoms with van der Waals surface area (Å²) in [7, 11) is -2.08. The summed E-state index contributed by atoms with van der Waals surface area (Å²) in [5.74, 6) is -0.241. The molecule has 0 saturated carbocycles. The van der Waals surface area contributed by atoms with Crippen LogP contribution in [0.3, 0.4) is 0 Å². The third-order valence-electron chi connectivity index (χ3n) is 3.03. The first-order valence-corrected chi connectivity index (χ1v) is 9.28. The van der Waals surface area contributed by atoms with Gasteiger partial charge in [-0.3, -0.25) is 4.79 Å². The van der Waals surface area contributed by atoms with Gasteiger partial charge in [-0.15, -0.1) is 11.3 Å². The lowest BCUT2D eigenvalue weighted by molar-refractivity contribution is 0.0951. The minimum Gasteiger partial charge on any atom is -0.383 e. The van der Waals surface area contributed by atoms with Crippen molar-refractivity contribution < 1.29 is 17.9 Å². The van der Waals surface area contributed by atoms with E-state index in [-0.39, 0.29) is 17.3 Å². The molecule has 0 saturated heterocycles. The first kappa shape index (κ1) is 17.6. The third kappa shape index (κ3) is 5.14. The zero-order chi connectivity index (χ0) is 16.7. The Morgan fingerprint density at radius 1 is 1.22 bits per heavy atom. The van der Waals surface area contributed by atoms with Crippen molar-refractivity contribution in [3.8, 4) is 0 Å². The van der Waals surface area contributed by atoms with Crippen molar-refractivity contribution in [1.29, 1.82) is 0 Å². The number of amides is 1. The van der Waals surface area contributed by atoms with E-state index in [9.17, 15) is 13.2 Å². The van der Waals surface area contributed by atoms with Crippen LogP contribution in [0.2, 0.25) is 0 Å². The highest BCUT2D eigenvalue weighted by Crippen LogP contribution is 2.11. The van der Waals surface area contributed by atoms with Gasteiger partial charge in [0.05, 0.1) is 18.0 Å². The van der Waals surface area contributed by atoms with Crippen LogP contribution in [-0.4, -0.2) is 34.6 Å². The number of methoxy groups -OCH3 is 1. The predicted molar refractivity (Wildman–Crippen MR) is 89.0 cm³/mol. The Morgan fingerprint density at radius 2 is 1.96 bits per heavy atom. The van der Waals surface area contributed by atoms with E-state index in [0.29, 0.717) is 18.7 Å². The molecule has 0 radical (unpaired) electrons. The smallest absolute Gasteiger partial charge is 0.251 e. The van der Waals surface area contributed by atoms with Crippen LogP contribution in [0.5, 0.6) is 0 Å². The Bertz CT molecular complexity index is 725. The van der Waals surface area contributed by atoms with Crippen LogP contribution in [0.1, 0.15) is 15.2 Å². The second kappa shape index (κ2) is 8.21. The highest BCUT2D eigenvalue weighted by Gasteiger charge is 2.14. The normalized spacial score (nSPS) is 11.3. The molecule has 1 heterocycles. The second-order valence-corrected chi connectivity index (χ2v) is 7.48. The zero-order valence-corrected chi connectivity index (χ0v) is 14.2. The van der Waals surface area contributed by atoms with E-state index < -0.39 is 10.0 Å². The van der Waals surface area contributed by atoms with Crippen LogP contribution in [0, 0.1) is 0 Å². The van der Waals surface area contributed by atoms with Crippen LogP contribution >= 0.6 is 11.3 Å². The summed E-state index contributed by atoms with van der Waals surface area (Å²) in [4.78, 5) is 13.2. The van der Waals surface area contributed by atoms with E-state index in [0.717, 1.165) is 4.88 Å². The maximum absolute atomic E-state index is 12.0. The van der Waals surface area contributed by atoms with Gasteiger partial charge in [-0.25, -0.2) is 13.1 Å². The lowest BCUT2D eigenvalue weighted by Crippen LogP contribution is -2.27. The van der Waals surface area contributed by atoms with Gasteiger partial charge in [0.25, 0.3) is 5.91 Å². The Morgan fingerprint density at radius 3 is 2.57 bits per heavy atom. The third-order valence-corrected chi connectivity index (χ3v) is 5.38. The molecule has 2 N–H and O–H groups in total. The summed E-state index contributed by atoms with van der Waals surface area (Å²) in [6.45, 7) is 0.944. The van der Waals surface area contributed by atoms with E-state index in [1.165, 1.54) is 31.4 Å². The van der Waals surface area contributed by atoms with Gasteiger partial charge in [-0.2, -0.15) is 0 Å². The van der Waals surface area contributed by atoms with Gasteiger partial charge in [0.15, 0.2) is 0 Å². The molecule has 8 heteroatoms. The van der Waals surface area contributed by atoms with Crippen LogP contribution in [0.25, 0.3) is 0 Å². The molecule has 6 nitrogen and oxygen atoms in total. The number of carbonyl (C=O) groups excluding carboxylic acids is 1. The second-order valence-electron chi connectivity index (χ2n) is 4.68. The Kier molecular flexibility index (Phi) is 6.28. The number of carbonyl (C=O) groups is 1. The number of hydrogen-bond acceptors (Lipinski definition) is 5. The van der Waals surface area contributed by atoms with Gasteiger partial charge in [-0.05, 0) is 35.7 Å². The van der Waals surface area contributed by atoms with Gasteiger partial charge in [0.1, 0.15) is 0 Å². The summed E-state index contributed by atoms with van der Waals surface area (Å²) >= 11 is 1.56. The summed E-state index contributed by atoms with van der Waals surface area (Å²) in [6, 6.07) is 9.67. The minimum atomic E-state index is -3.58. The van der Waals surface area contributed by atoms with Crippen molar-refractivity contribution in [2.45, 2.75) is 11.4 Å². The summed E-state index contributed by atoms with van der Waals surface area (Å²) in [6.07, 6.45) is 0. The number of hydrogen-bond donors (Lipinski definition) is 2. The maximum Gasteiger partial charge on any atom is 0.251 e. The van der Waals surface area contributed by atoms with E-state index >= 15 is 0 Å². The van der Waals surface area contributed by atoms with Gasteiger partial charge in [0.2, 0.25) is 10.0 Å². The monoisotopic (exact) mass is 354 g/mol. The number of rotatable bonds is 8. The van der Waals surface area contributed by atoms with Crippen molar-refractivity contribution in [3.05, 3.63) is 52.2 Å². The molecular formula is C15H18N2O4S2. The lowest BCUT2D eigenvalue weighted by Gasteiger charge is -2.07. The van der Waals surface area contributed by atoms with Crippen molar-refractivity contribution >= 4 is 27.3 Å². The van der Waals surface area contributed by atoms with Gasteiger partial charge < -0.3 is 10.1 Å². The Hall–Kier alpha value is -1.74. The van der Waals surface area contributed by atoms with Gasteiger partial charge >= 0.3 is 0 Å². The molecular weight excluding hydrogens is 336 g/mol. The van der Waals surface area contributed by atoms with E-state index in [1.807, 2.05) is 17.5 Å². The molecule has 1 aromatic heterocycles. The van der Waals surface area contributed by atoms with Crippen LogP contribution in [0.15, 0.2) is 46.7 Å². The van der Waals surface area contributed by atoms with Crippen LogP contribution in [0.4, 0.5) is 0 Å². The molecule has 0 unspecified atom stereocenters. The van der Waals surface area contributed by atoms with E-state index in [1.54, 1.807) is 11.3 Å². The van der Waals surface area contributed by atoms with Crippen LogP contribution < -0.4 is 10.0 Å². The standard InChI is InChI=1S/C15H18N2O4S2/c1-21-9-8-17-23(19,20)14-6-4-12(5-7-14)15(18)16-11-13-3-2-10-22-13/h2-7,10,17H,8-9,11H2,1H3,(H,16,18). The molecule has 0 aliphatic carbocycles. The minimum absolute atomic E-state index is 0.114. The van der Waals surface area contributed by atoms with Crippen molar-refractivity contribution in [1.82, 2.24) is 10.0 Å². The highest BCUT2D eigenvalue weighted by molar-refractivity contribution is 7.89. The number of thiophene rings is 1. The molecule has 0 aliphatic rings. The number of benzene rings is 1. The quantitative estimate of drug-likeness (QED) is 0.705. The number of sulfonamides is 1. The molecule has 23 heavy (non-hydrogen) atoms. The predicted octanol–water partition coefficient (Wildman–Crippen LogP) is 1.60. The van der Waals surface area contributed by atoms with Crippen molar-refractivity contribution in [2.75, 3.05) is 20.3 Å². The molecule has 1 aromatic carbocycles. The largest absolute Gasteiger partial charge is 0.383 e. The molecule has 0 spiro atoms. The topological polar surface area (TPSA) is 84.5 Å². The molecule has 2 aromatic rings. The lowest BCUT2D eigenvalue weighted by atomic mass is 10.2. The molecule has 2 rings (SSSR count). The van der Waals surface area contributed by atoms with Crippen molar-refractivity contribution in [2.24, 2.45) is 0 Å². The first-order valence-electron chi connectivity index (χ1n) is 6.92. The van der Waals surface area contributed by atoms with Gasteiger partial charge in [0, 0.05) is 24.1 Å². The maximum atomic E-state index is 12.0. The Labute approximate surface area is 139 Å². The van der Waals surface area contributed by atoms with Crippen molar-refractivity contribution in [3.63, 3.8) is 0 Å². The molecule has 0 atom stereocenters. The molecule has 0 aliphatic heterocycles. The summed E-state index contributed by atoms with van der Waals surface area (Å²) in [5, 5.41) is 4.73. The van der Waals surface area contributed by atoms with E-state index in [2.05, 4.69) is 10.0 Å². The summed E-state index contributed by atoms with van der Waals surface area (Å²) in [5.41, 5.74) is 0.414. The number of nitrogens with one attached hydrogen (secondary N) is 2. The van der Waals surface area contributed by atoms with Crippen LogP contribution in [-0.2, 0) is 21.3 Å². The zero-order valence-electron chi connectivity index (χ0n) is 12.6. The highest BCUT2D eigenvalue weighted by atomic mass is 32.2. The average molecular weight is 354 g/mol. The summed E-state index contributed by atoms with van der Waals surface area (Å²) < 4.78 is 31.2. The molecule has 1 amide bonds. The number of ether oxygens (including phenoxy) is 1. The van der Waals surface area contributed by atoms with E-state index in [4.69, 9.17) is 4.74 Å². The fraction of sp³-hybridized carbons (Fsp3) is 0.267. The fourth-order valence-electron chi connectivity index (χ4n) is 1.83. The SMILES string of the molecule is COCCNS(=O)(=O)c1ccc(C(=O)NCc2cccs2)cc1.